The van der Waals surface area contributed by atoms with E-state index in [9.17, 15) is 14.9 Å². The summed E-state index contributed by atoms with van der Waals surface area (Å²) in [4.78, 5) is 20.9. The Bertz CT molecular complexity index is 437. The summed E-state index contributed by atoms with van der Waals surface area (Å²) in [7, 11) is 0. The zero-order chi connectivity index (χ0) is 14.1. The Balaban J connectivity index is 2.21. The second kappa shape index (κ2) is 8.04. The Morgan fingerprint density at radius 2 is 2.16 bits per heavy atom. The molecule has 0 bridgehead atoms. The van der Waals surface area contributed by atoms with Crippen LogP contribution in [0.15, 0.2) is 24.3 Å². The van der Waals surface area contributed by atoms with Gasteiger partial charge in [0.05, 0.1) is 17.6 Å². The smallest absolute Gasteiger partial charge is 0.273 e. The van der Waals surface area contributed by atoms with Crippen LogP contribution in [0.5, 0.6) is 5.75 Å². The van der Waals surface area contributed by atoms with Gasteiger partial charge in [-0.05, 0) is 25.3 Å². The van der Waals surface area contributed by atoms with Crippen molar-refractivity contribution in [1.82, 2.24) is 5.43 Å². The lowest BCUT2D eigenvalue weighted by atomic mass is 10.2. The highest BCUT2D eigenvalue weighted by atomic mass is 16.6. The first-order valence-electron chi connectivity index (χ1n) is 6.00. The molecule has 0 spiro atoms. The molecule has 0 aliphatic rings. The van der Waals surface area contributed by atoms with E-state index in [4.69, 9.17) is 10.6 Å². The van der Waals surface area contributed by atoms with Crippen LogP contribution in [0.2, 0.25) is 0 Å². The molecule has 0 fully saturated rings. The van der Waals surface area contributed by atoms with Gasteiger partial charge in [0.25, 0.3) is 5.69 Å². The fraction of sp³-hybridized carbons (Fsp3) is 0.417. The molecule has 0 aliphatic heterocycles. The summed E-state index contributed by atoms with van der Waals surface area (Å²) in [5.74, 6) is 5.25. The second-order valence-electron chi connectivity index (χ2n) is 3.98. The van der Waals surface area contributed by atoms with Crippen molar-refractivity contribution in [2.75, 3.05) is 6.61 Å². The number of hydrazine groups is 1. The number of hydrogen-bond acceptors (Lipinski definition) is 5. The Kier molecular flexibility index (Phi) is 6.31. The molecule has 1 aromatic carbocycles. The number of ether oxygens (including phenoxy) is 1. The van der Waals surface area contributed by atoms with Gasteiger partial charge in [0.15, 0.2) is 0 Å². The van der Waals surface area contributed by atoms with Gasteiger partial charge in [-0.25, -0.2) is 5.84 Å². The van der Waals surface area contributed by atoms with Gasteiger partial charge in [-0.3, -0.25) is 20.3 Å². The van der Waals surface area contributed by atoms with Gasteiger partial charge < -0.3 is 4.74 Å². The van der Waals surface area contributed by atoms with E-state index in [1.807, 2.05) is 0 Å². The van der Waals surface area contributed by atoms with Crippen LogP contribution in [0, 0.1) is 10.1 Å². The molecule has 0 heterocycles. The van der Waals surface area contributed by atoms with E-state index >= 15 is 0 Å². The summed E-state index contributed by atoms with van der Waals surface area (Å²) in [5, 5.41) is 10.6. The topological polar surface area (TPSA) is 107 Å². The van der Waals surface area contributed by atoms with E-state index in [0.717, 1.165) is 19.3 Å². The van der Waals surface area contributed by atoms with Gasteiger partial charge in [0, 0.05) is 12.5 Å². The van der Waals surface area contributed by atoms with Gasteiger partial charge in [-0.2, -0.15) is 0 Å². The minimum Gasteiger partial charge on any atom is -0.493 e. The number of nitrogens with one attached hydrogen (secondary N) is 1. The summed E-state index contributed by atoms with van der Waals surface area (Å²) in [6.07, 6.45) is 2.75. The Hall–Kier alpha value is -2.15. The van der Waals surface area contributed by atoms with E-state index < -0.39 is 4.92 Å². The van der Waals surface area contributed by atoms with E-state index in [0.29, 0.717) is 18.8 Å². The molecule has 3 N–H and O–H groups in total. The summed E-state index contributed by atoms with van der Waals surface area (Å²) in [5.41, 5.74) is 2.08. The monoisotopic (exact) mass is 267 g/mol. The first-order chi connectivity index (χ1) is 9.13. The quantitative estimate of drug-likeness (QED) is 0.244. The normalized spacial score (nSPS) is 9.95. The zero-order valence-corrected chi connectivity index (χ0v) is 10.5. The number of rotatable bonds is 8. The fourth-order valence-corrected chi connectivity index (χ4v) is 1.51. The maximum absolute atomic E-state index is 10.8. The van der Waals surface area contributed by atoms with Crippen molar-refractivity contribution >= 4 is 11.6 Å². The first-order valence-corrected chi connectivity index (χ1v) is 6.00. The number of carbonyl (C=O) groups excluding carboxylic acids is 1. The third kappa shape index (κ3) is 5.82. The molecule has 0 aromatic heterocycles. The van der Waals surface area contributed by atoms with Crippen LogP contribution < -0.4 is 16.0 Å². The summed E-state index contributed by atoms with van der Waals surface area (Å²) in [6, 6.07) is 6.06. The van der Waals surface area contributed by atoms with Gasteiger partial charge >= 0.3 is 0 Å². The lowest BCUT2D eigenvalue weighted by Gasteiger charge is -2.05. The molecule has 7 heteroatoms. The molecule has 1 aromatic rings. The van der Waals surface area contributed by atoms with Crippen molar-refractivity contribution in [2.24, 2.45) is 5.84 Å². The van der Waals surface area contributed by atoms with Gasteiger partial charge in [-0.1, -0.05) is 6.07 Å². The fourth-order valence-electron chi connectivity index (χ4n) is 1.51. The molecule has 104 valence electrons. The number of carbonyl (C=O) groups is 1. The maximum atomic E-state index is 10.8. The molecule has 0 saturated heterocycles. The van der Waals surface area contributed by atoms with Crippen LogP contribution in [0.25, 0.3) is 0 Å². The summed E-state index contributed by atoms with van der Waals surface area (Å²) in [6.45, 7) is 0.464. The maximum Gasteiger partial charge on any atom is 0.273 e. The van der Waals surface area contributed by atoms with Crippen molar-refractivity contribution in [3.63, 3.8) is 0 Å². The lowest BCUT2D eigenvalue weighted by Crippen LogP contribution is -2.29. The predicted octanol–water partition coefficient (Wildman–Crippen LogP) is 1.52. The highest BCUT2D eigenvalue weighted by Crippen LogP contribution is 2.19. The van der Waals surface area contributed by atoms with E-state index in [1.165, 1.54) is 12.1 Å². The van der Waals surface area contributed by atoms with Crippen molar-refractivity contribution in [2.45, 2.75) is 25.7 Å². The highest BCUT2D eigenvalue weighted by molar-refractivity contribution is 5.75. The molecule has 0 aliphatic carbocycles. The number of amides is 1. The number of benzene rings is 1. The van der Waals surface area contributed by atoms with Gasteiger partial charge in [0.2, 0.25) is 5.91 Å². The molecule has 0 radical (unpaired) electrons. The number of non-ortho nitro benzene ring substituents is 1. The average Bonchev–Trinajstić information content (AvgIpc) is 2.42. The third-order valence-corrected chi connectivity index (χ3v) is 2.51. The zero-order valence-electron chi connectivity index (χ0n) is 10.5. The average molecular weight is 267 g/mol. The largest absolute Gasteiger partial charge is 0.493 e. The van der Waals surface area contributed by atoms with E-state index in [1.54, 1.807) is 12.1 Å². The van der Waals surface area contributed by atoms with Crippen molar-refractivity contribution in [3.8, 4) is 5.75 Å². The lowest BCUT2D eigenvalue weighted by molar-refractivity contribution is -0.384. The van der Waals surface area contributed by atoms with Crippen LogP contribution in [0.3, 0.4) is 0 Å². The molecular weight excluding hydrogens is 250 g/mol. The Morgan fingerprint density at radius 3 is 2.84 bits per heavy atom. The van der Waals surface area contributed by atoms with E-state index in [-0.39, 0.29) is 11.6 Å². The Morgan fingerprint density at radius 1 is 1.37 bits per heavy atom. The van der Waals surface area contributed by atoms with Crippen molar-refractivity contribution in [1.29, 1.82) is 0 Å². The molecule has 1 amide bonds. The predicted molar refractivity (Wildman–Crippen MR) is 69.4 cm³/mol. The first kappa shape index (κ1) is 14.9. The standard InChI is InChI=1S/C12H17N3O4/c13-14-12(16)7-2-1-3-8-19-11-6-4-5-10(9-11)15(17)18/h4-6,9H,1-3,7-8,13H2,(H,14,16). The summed E-state index contributed by atoms with van der Waals surface area (Å²) >= 11 is 0. The SMILES string of the molecule is NNC(=O)CCCCCOc1cccc([N+](=O)[O-])c1. The van der Waals surface area contributed by atoms with Crippen LogP contribution in [-0.2, 0) is 4.79 Å². The van der Waals surface area contributed by atoms with Crippen LogP contribution in [-0.4, -0.2) is 17.4 Å². The number of nitrogens with zero attached hydrogens (tertiary/aromatic N) is 1. The molecule has 0 unspecified atom stereocenters. The van der Waals surface area contributed by atoms with E-state index in [2.05, 4.69) is 5.43 Å². The minimum atomic E-state index is -0.460. The molecule has 7 nitrogen and oxygen atoms in total. The number of nitro benzene ring substituents is 1. The molecular formula is C12H17N3O4. The number of unbranched alkanes of at least 4 members (excludes halogenated alkanes) is 2. The van der Waals surface area contributed by atoms with Crippen LogP contribution >= 0.6 is 0 Å². The van der Waals surface area contributed by atoms with Crippen molar-refractivity contribution < 1.29 is 14.5 Å². The number of nitrogens with two attached hydrogens (primary N) is 1. The molecule has 0 atom stereocenters. The van der Waals surface area contributed by atoms with Crippen LogP contribution in [0.4, 0.5) is 5.69 Å². The van der Waals surface area contributed by atoms with Gasteiger partial charge in [-0.15, -0.1) is 0 Å². The minimum absolute atomic E-state index is 0.0112. The van der Waals surface area contributed by atoms with Crippen LogP contribution in [0.1, 0.15) is 25.7 Å². The molecule has 1 rings (SSSR count). The summed E-state index contributed by atoms with van der Waals surface area (Å²) < 4.78 is 5.40. The van der Waals surface area contributed by atoms with Crippen molar-refractivity contribution in [3.05, 3.63) is 34.4 Å². The highest BCUT2D eigenvalue weighted by Gasteiger charge is 2.06. The second-order valence-corrected chi connectivity index (χ2v) is 3.98. The molecule has 0 saturated carbocycles. The van der Waals surface area contributed by atoms with Gasteiger partial charge in [0.1, 0.15) is 5.75 Å². The number of hydrogen-bond donors (Lipinski definition) is 2. The Labute approximate surface area is 110 Å². The number of nitro groups is 1. The molecule has 19 heavy (non-hydrogen) atoms. The third-order valence-electron chi connectivity index (χ3n) is 2.51.